The molecule has 0 aliphatic heterocycles. The second-order valence-electron chi connectivity index (χ2n) is 2.14. The zero-order chi connectivity index (χ0) is 9.14. The van der Waals surface area contributed by atoms with Crippen molar-refractivity contribution in [3.63, 3.8) is 0 Å². The molecule has 12 heavy (non-hydrogen) atoms. The van der Waals surface area contributed by atoms with Crippen LogP contribution in [-0.4, -0.2) is 20.7 Å². The SMILES string of the molecule is NC(CC(=O)O)c1nnsc1Cl. The normalized spacial score (nSPS) is 12.8. The third kappa shape index (κ3) is 2.13. The molecule has 5 nitrogen and oxygen atoms in total. The molecular weight excluding hydrogens is 202 g/mol. The zero-order valence-electron chi connectivity index (χ0n) is 5.90. The first-order chi connectivity index (χ1) is 5.61. The second kappa shape index (κ2) is 3.79. The van der Waals surface area contributed by atoms with Crippen LogP contribution in [0.1, 0.15) is 18.2 Å². The lowest BCUT2D eigenvalue weighted by molar-refractivity contribution is -0.137. The number of hydrogen-bond donors (Lipinski definition) is 2. The Morgan fingerprint density at radius 2 is 2.50 bits per heavy atom. The molecule has 1 rings (SSSR count). The first-order valence-corrected chi connectivity index (χ1v) is 4.21. The fraction of sp³-hybridized carbons (Fsp3) is 0.400. The maximum Gasteiger partial charge on any atom is 0.305 e. The van der Waals surface area contributed by atoms with Gasteiger partial charge in [0.2, 0.25) is 0 Å². The highest BCUT2D eigenvalue weighted by atomic mass is 35.5. The van der Waals surface area contributed by atoms with Crippen molar-refractivity contribution in [1.82, 2.24) is 9.59 Å². The molecule has 7 heteroatoms. The number of aliphatic carboxylic acids is 1. The molecule has 0 aliphatic rings. The maximum absolute atomic E-state index is 10.2. The minimum Gasteiger partial charge on any atom is -0.481 e. The molecule has 0 saturated heterocycles. The highest BCUT2D eigenvalue weighted by Gasteiger charge is 2.17. The number of rotatable bonds is 3. The highest BCUT2D eigenvalue weighted by Crippen LogP contribution is 2.23. The molecule has 0 radical (unpaired) electrons. The van der Waals surface area contributed by atoms with E-state index in [0.717, 1.165) is 11.5 Å². The van der Waals surface area contributed by atoms with Crippen LogP contribution in [0.25, 0.3) is 0 Å². The van der Waals surface area contributed by atoms with E-state index < -0.39 is 12.0 Å². The summed E-state index contributed by atoms with van der Waals surface area (Å²) in [6, 6.07) is -0.672. The van der Waals surface area contributed by atoms with E-state index in [1.807, 2.05) is 0 Å². The summed E-state index contributed by atoms with van der Waals surface area (Å²) in [5.74, 6) is -0.980. The largest absolute Gasteiger partial charge is 0.481 e. The van der Waals surface area contributed by atoms with Gasteiger partial charge in [0.05, 0.1) is 12.5 Å². The number of carboxylic acid groups (broad SMARTS) is 1. The van der Waals surface area contributed by atoms with Crippen molar-refractivity contribution in [1.29, 1.82) is 0 Å². The van der Waals surface area contributed by atoms with E-state index in [0.29, 0.717) is 10.0 Å². The molecule has 0 spiro atoms. The van der Waals surface area contributed by atoms with Crippen molar-refractivity contribution in [2.45, 2.75) is 12.5 Å². The number of nitrogens with zero attached hydrogens (tertiary/aromatic N) is 2. The van der Waals surface area contributed by atoms with Gasteiger partial charge in [0.15, 0.2) is 0 Å². The van der Waals surface area contributed by atoms with E-state index in [1.165, 1.54) is 0 Å². The topological polar surface area (TPSA) is 89.1 Å². The number of carbonyl (C=O) groups is 1. The van der Waals surface area contributed by atoms with Crippen molar-refractivity contribution in [2.75, 3.05) is 0 Å². The van der Waals surface area contributed by atoms with Gasteiger partial charge in [-0.15, -0.1) is 5.10 Å². The Balaban J connectivity index is 2.71. The van der Waals surface area contributed by atoms with Crippen molar-refractivity contribution < 1.29 is 9.90 Å². The molecule has 1 aromatic heterocycles. The molecule has 1 atom stereocenters. The standard InChI is InChI=1S/C5H6ClN3O2S/c6-5-4(8-9-12-5)2(7)1-3(10)11/h2H,1,7H2,(H,10,11). The monoisotopic (exact) mass is 207 g/mol. The number of nitrogens with two attached hydrogens (primary N) is 1. The quantitative estimate of drug-likeness (QED) is 0.760. The van der Waals surface area contributed by atoms with Gasteiger partial charge in [-0.05, 0) is 0 Å². The molecule has 1 heterocycles. The highest BCUT2D eigenvalue weighted by molar-refractivity contribution is 7.10. The van der Waals surface area contributed by atoms with Gasteiger partial charge in [-0.1, -0.05) is 16.1 Å². The summed E-state index contributed by atoms with van der Waals surface area (Å²) in [4.78, 5) is 10.2. The molecule has 0 fully saturated rings. The van der Waals surface area contributed by atoms with Crippen LogP contribution in [-0.2, 0) is 4.79 Å². The Bertz CT molecular complexity index is 290. The molecule has 0 bridgehead atoms. The molecule has 0 saturated carbocycles. The van der Waals surface area contributed by atoms with Gasteiger partial charge >= 0.3 is 5.97 Å². The summed E-state index contributed by atoms with van der Waals surface area (Å²) >= 11 is 6.63. The van der Waals surface area contributed by atoms with Crippen LogP contribution >= 0.6 is 23.1 Å². The summed E-state index contributed by atoms with van der Waals surface area (Å²) in [5, 5.41) is 12.0. The van der Waals surface area contributed by atoms with Gasteiger partial charge in [-0.25, -0.2) is 0 Å². The fourth-order valence-electron chi connectivity index (χ4n) is 0.691. The number of hydrogen-bond acceptors (Lipinski definition) is 5. The Kier molecular flexibility index (Phi) is 2.96. The molecule has 1 aromatic rings. The van der Waals surface area contributed by atoms with E-state index in [9.17, 15) is 4.79 Å². The average molecular weight is 208 g/mol. The number of carboxylic acids is 1. The smallest absolute Gasteiger partial charge is 0.305 e. The summed E-state index contributed by atoms with van der Waals surface area (Å²) in [6.45, 7) is 0. The van der Waals surface area contributed by atoms with Crippen molar-refractivity contribution in [2.24, 2.45) is 5.73 Å². The Labute approximate surface area is 77.3 Å². The third-order valence-electron chi connectivity index (χ3n) is 1.22. The van der Waals surface area contributed by atoms with Crippen molar-refractivity contribution in [3.8, 4) is 0 Å². The van der Waals surface area contributed by atoms with Gasteiger partial charge in [-0.3, -0.25) is 4.79 Å². The van der Waals surface area contributed by atoms with Gasteiger partial charge in [-0.2, -0.15) is 0 Å². The van der Waals surface area contributed by atoms with Crippen LogP contribution in [0, 0.1) is 0 Å². The molecular formula is C5H6ClN3O2S. The van der Waals surface area contributed by atoms with Gasteiger partial charge in [0.1, 0.15) is 10.0 Å². The summed E-state index contributed by atoms with van der Waals surface area (Å²) in [6.07, 6.45) is -0.189. The predicted molar refractivity (Wildman–Crippen MR) is 44.1 cm³/mol. The minimum atomic E-state index is -0.980. The van der Waals surface area contributed by atoms with Crippen molar-refractivity contribution >= 4 is 29.1 Å². The molecule has 3 N–H and O–H groups in total. The van der Waals surface area contributed by atoms with E-state index in [4.69, 9.17) is 22.4 Å². The average Bonchev–Trinajstić information content (AvgIpc) is 2.33. The Hall–Kier alpha value is -0.720. The zero-order valence-corrected chi connectivity index (χ0v) is 7.47. The van der Waals surface area contributed by atoms with Crippen LogP contribution in [0.5, 0.6) is 0 Å². The second-order valence-corrected chi connectivity index (χ2v) is 3.49. The van der Waals surface area contributed by atoms with E-state index in [-0.39, 0.29) is 6.42 Å². The first-order valence-electron chi connectivity index (χ1n) is 3.06. The molecule has 1 unspecified atom stereocenters. The lowest BCUT2D eigenvalue weighted by atomic mass is 10.2. The van der Waals surface area contributed by atoms with E-state index in [2.05, 4.69) is 9.59 Å². The van der Waals surface area contributed by atoms with Crippen molar-refractivity contribution in [3.05, 3.63) is 10.0 Å². The Morgan fingerprint density at radius 3 is 2.92 bits per heavy atom. The number of aromatic nitrogens is 2. The predicted octanol–water partition coefficient (Wildman–Crippen LogP) is 0.666. The molecule has 66 valence electrons. The minimum absolute atomic E-state index is 0.189. The Morgan fingerprint density at radius 1 is 1.83 bits per heavy atom. The lowest BCUT2D eigenvalue weighted by Gasteiger charge is -2.03. The van der Waals surface area contributed by atoms with Crippen LogP contribution in [0.3, 0.4) is 0 Å². The molecule has 0 amide bonds. The van der Waals surface area contributed by atoms with Crippen LogP contribution in [0.4, 0.5) is 0 Å². The maximum atomic E-state index is 10.2. The van der Waals surface area contributed by atoms with Gasteiger partial charge < -0.3 is 10.8 Å². The van der Waals surface area contributed by atoms with Crippen LogP contribution < -0.4 is 5.73 Å². The first kappa shape index (κ1) is 9.37. The van der Waals surface area contributed by atoms with Gasteiger partial charge in [0, 0.05) is 11.5 Å². The van der Waals surface area contributed by atoms with Gasteiger partial charge in [0.25, 0.3) is 0 Å². The third-order valence-corrected chi connectivity index (χ3v) is 2.15. The molecule has 0 aromatic carbocycles. The summed E-state index contributed by atoms with van der Waals surface area (Å²) < 4.78 is 3.89. The summed E-state index contributed by atoms with van der Waals surface area (Å²) in [7, 11) is 0. The fourth-order valence-corrected chi connectivity index (χ4v) is 1.45. The van der Waals surface area contributed by atoms with E-state index in [1.54, 1.807) is 0 Å². The molecule has 0 aliphatic carbocycles. The van der Waals surface area contributed by atoms with Crippen LogP contribution in [0.2, 0.25) is 4.34 Å². The number of halogens is 1. The van der Waals surface area contributed by atoms with Crippen LogP contribution in [0.15, 0.2) is 0 Å². The summed E-state index contributed by atoms with van der Waals surface area (Å²) in [5.41, 5.74) is 5.83. The van der Waals surface area contributed by atoms with E-state index >= 15 is 0 Å². The lowest BCUT2D eigenvalue weighted by Crippen LogP contribution is -2.15.